The molecule has 0 bridgehead atoms. The second kappa shape index (κ2) is 7.52. The summed E-state index contributed by atoms with van der Waals surface area (Å²) in [6.07, 6.45) is 3.68. The topological polar surface area (TPSA) is 43.4 Å². The molecule has 0 radical (unpaired) electrons. The molecule has 0 saturated carbocycles. The van der Waals surface area contributed by atoms with Crippen molar-refractivity contribution in [2.75, 3.05) is 7.11 Å². The lowest BCUT2D eigenvalue weighted by atomic mass is 9.83. The summed E-state index contributed by atoms with van der Waals surface area (Å²) in [5.74, 6) is -0.0568. The van der Waals surface area contributed by atoms with E-state index < -0.39 is 0 Å². The second-order valence-electron chi connectivity index (χ2n) is 4.66. The highest BCUT2D eigenvalue weighted by atomic mass is 16.5. The van der Waals surface area contributed by atoms with Gasteiger partial charge in [-0.25, -0.2) is 4.79 Å². The molecule has 1 aromatic rings. The summed E-state index contributed by atoms with van der Waals surface area (Å²) in [7, 11) is 1.35. The molecule has 0 amide bonds. The van der Waals surface area contributed by atoms with E-state index in [4.69, 9.17) is 0 Å². The van der Waals surface area contributed by atoms with E-state index in [9.17, 15) is 9.59 Å². The Labute approximate surface area is 114 Å². The number of ketones is 1. The van der Waals surface area contributed by atoms with E-state index in [0.717, 1.165) is 5.56 Å². The molecule has 0 N–H and O–H groups in total. The SMILES string of the molecule is COC(=O)/C=C/[C@@H](C)[C@H](CC(C)=O)c1ccccc1. The number of methoxy groups -OCH3 is 1. The zero-order valence-corrected chi connectivity index (χ0v) is 11.6. The van der Waals surface area contributed by atoms with E-state index in [2.05, 4.69) is 4.74 Å². The molecule has 2 atom stereocenters. The highest BCUT2D eigenvalue weighted by molar-refractivity contribution is 5.81. The van der Waals surface area contributed by atoms with E-state index in [1.165, 1.54) is 13.2 Å². The van der Waals surface area contributed by atoms with Crippen LogP contribution < -0.4 is 0 Å². The van der Waals surface area contributed by atoms with Gasteiger partial charge < -0.3 is 9.53 Å². The third-order valence-corrected chi connectivity index (χ3v) is 3.11. The Kier molecular flexibility index (Phi) is 6.00. The van der Waals surface area contributed by atoms with Gasteiger partial charge in [-0.05, 0) is 24.3 Å². The zero-order valence-electron chi connectivity index (χ0n) is 11.6. The van der Waals surface area contributed by atoms with E-state index in [1.807, 2.05) is 37.3 Å². The van der Waals surface area contributed by atoms with Gasteiger partial charge in [-0.1, -0.05) is 43.3 Å². The van der Waals surface area contributed by atoms with Crippen molar-refractivity contribution in [1.82, 2.24) is 0 Å². The Morgan fingerprint density at radius 2 is 1.89 bits per heavy atom. The second-order valence-corrected chi connectivity index (χ2v) is 4.66. The molecule has 0 saturated heterocycles. The predicted molar refractivity (Wildman–Crippen MR) is 74.8 cm³/mol. The number of benzene rings is 1. The number of carbonyl (C=O) groups excluding carboxylic acids is 2. The van der Waals surface area contributed by atoms with Gasteiger partial charge in [-0.2, -0.15) is 0 Å². The zero-order chi connectivity index (χ0) is 14.3. The maximum atomic E-state index is 11.4. The Balaban J connectivity index is 2.88. The lowest BCUT2D eigenvalue weighted by Crippen LogP contribution is -2.12. The number of ether oxygens (including phenoxy) is 1. The summed E-state index contributed by atoms with van der Waals surface area (Å²) in [6.45, 7) is 3.59. The Hall–Kier alpha value is -1.90. The molecule has 0 unspecified atom stereocenters. The highest BCUT2D eigenvalue weighted by Gasteiger charge is 2.19. The highest BCUT2D eigenvalue weighted by Crippen LogP contribution is 2.29. The molecule has 102 valence electrons. The van der Waals surface area contributed by atoms with Gasteiger partial charge in [-0.15, -0.1) is 0 Å². The van der Waals surface area contributed by atoms with Crippen molar-refractivity contribution in [3.63, 3.8) is 0 Å². The molecule has 0 aromatic heterocycles. The van der Waals surface area contributed by atoms with Gasteiger partial charge in [0.25, 0.3) is 0 Å². The van der Waals surface area contributed by atoms with Crippen molar-refractivity contribution in [2.45, 2.75) is 26.2 Å². The smallest absolute Gasteiger partial charge is 0.330 e. The van der Waals surface area contributed by atoms with Crippen molar-refractivity contribution in [1.29, 1.82) is 0 Å². The molecule has 0 aliphatic rings. The van der Waals surface area contributed by atoms with Crippen LogP contribution in [0.2, 0.25) is 0 Å². The van der Waals surface area contributed by atoms with Gasteiger partial charge in [0.05, 0.1) is 7.11 Å². The van der Waals surface area contributed by atoms with Crippen LogP contribution in [0.25, 0.3) is 0 Å². The molecule has 0 heterocycles. The van der Waals surface area contributed by atoms with Gasteiger partial charge in [0.1, 0.15) is 5.78 Å². The number of Topliss-reactive ketones (excluding diaryl/α,β-unsaturated/α-hetero) is 1. The van der Waals surface area contributed by atoms with E-state index in [-0.39, 0.29) is 23.6 Å². The van der Waals surface area contributed by atoms with Crippen molar-refractivity contribution in [2.24, 2.45) is 5.92 Å². The fourth-order valence-electron chi connectivity index (χ4n) is 2.05. The minimum Gasteiger partial charge on any atom is -0.466 e. The quantitative estimate of drug-likeness (QED) is 0.583. The summed E-state index contributed by atoms with van der Waals surface area (Å²) in [6, 6.07) is 9.88. The lowest BCUT2D eigenvalue weighted by Gasteiger charge is -2.20. The van der Waals surface area contributed by atoms with Crippen LogP contribution in [0.5, 0.6) is 0 Å². The first-order valence-corrected chi connectivity index (χ1v) is 6.35. The lowest BCUT2D eigenvalue weighted by molar-refractivity contribution is -0.134. The van der Waals surface area contributed by atoms with Crippen molar-refractivity contribution < 1.29 is 14.3 Å². The van der Waals surface area contributed by atoms with Crippen LogP contribution in [0, 0.1) is 5.92 Å². The summed E-state index contributed by atoms with van der Waals surface area (Å²) in [5.41, 5.74) is 1.11. The van der Waals surface area contributed by atoms with Crippen molar-refractivity contribution >= 4 is 11.8 Å². The van der Waals surface area contributed by atoms with Gasteiger partial charge in [0, 0.05) is 12.5 Å². The molecular formula is C16H20O3. The standard InChI is InChI=1S/C16H20O3/c1-12(9-10-16(18)19-3)15(11-13(2)17)14-7-5-4-6-8-14/h4-10,12,15H,11H2,1-3H3/b10-9+/t12-,15+/m1/s1. The number of esters is 1. The van der Waals surface area contributed by atoms with Crippen molar-refractivity contribution in [3.05, 3.63) is 48.0 Å². The van der Waals surface area contributed by atoms with Gasteiger partial charge in [-0.3, -0.25) is 0 Å². The minimum atomic E-state index is -0.374. The first-order valence-electron chi connectivity index (χ1n) is 6.35. The predicted octanol–water partition coefficient (Wildman–Crippen LogP) is 3.11. The van der Waals surface area contributed by atoms with Crippen molar-refractivity contribution in [3.8, 4) is 0 Å². The molecule has 0 aliphatic heterocycles. The third kappa shape index (κ3) is 5.08. The molecule has 0 aliphatic carbocycles. The molecule has 1 aromatic carbocycles. The Bertz CT molecular complexity index is 448. The molecule has 1 rings (SSSR count). The van der Waals surface area contributed by atoms with Crippen LogP contribution in [0.1, 0.15) is 31.7 Å². The maximum Gasteiger partial charge on any atom is 0.330 e. The molecule has 0 spiro atoms. The average molecular weight is 260 g/mol. The molecular weight excluding hydrogens is 240 g/mol. The van der Waals surface area contributed by atoms with Crippen LogP contribution in [-0.2, 0) is 14.3 Å². The Morgan fingerprint density at radius 3 is 2.42 bits per heavy atom. The fraction of sp³-hybridized carbons (Fsp3) is 0.375. The van der Waals surface area contributed by atoms with Gasteiger partial charge >= 0.3 is 5.97 Å². The molecule has 19 heavy (non-hydrogen) atoms. The first kappa shape index (κ1) is 15.2. The average Bonchev–Trinajstić information content (AvgIpc) is 2.42. The number of hydrogen-bond donors (Lipinski definition) is 0. The fourth-order valence-corrected chi connectivity index (χ4v) is 2.05. The van der Waals surface area contributed by atoms with Gasteiger partial charge in [0.2, 0.25) is 0 Å². The maximum absolute atomic E-state index is 11.4. The number of allylic oxidation sites excluding steroid dienone is 1. The summed E-state index contributed by atoms with van der Waals surface area (Å²) >= 11 is 0. The van der Waals surface area contributed by atoms with Crippen LogP contribution in [0.3, 0.4) is 0 Å². The Morgan fingerprint density at radius 1 is 1.26 bits per heavy atom. The van der Waals surface area contributed by atoms with E-state index >= 15 is 0 Å². The molecule has 3 heteroatoms. The van der Waals surface area contributed by atoms with E-state index in [0.29, 0.717) is 6.42 Å². The number of rotatable bonds is 6. The van der Waals surface area contributed by atoms with Crippen LogP contribution in [0.4, 0.5) is 0 Å². The third-order valence-electron chi connectivity index (χ3n) is 3.11. The first-order chi connectivity index (χ1) is 9.04. The molecule has 3 nitrogen and oxygen atoms in total. The number of carbonyl (C=O) groups is 2. The summed E-state index contributed by atoms with van der Waals surface area (Å²) in [5, 5.41) is 0. The molecule has 0 fully saturated rings. The van der Waals surface area contributed by atoms with Gasteiger partial charge in [0.15, 0.2) is 0 Å². The largest absolute Gasteiger partial charge is 0.466 e. The van der Waals surface area contributed by atoms with Crippen LogP contribution in [-0.4, -0.2) is 18.9 Å². The van der Waals surface area contributed by atoms with Crippen LogP contribution in [0.15, 0.2) is 42.5 Å². The van der Waals surface area contributed by atoms with Crippen LogP contribution >= 0.6 is 0 Å². The summed E-state index contributed by atoms with van der Waals surface area (Å²) < 4.78 is 4.57. The minimum absolute atomic E-state index is 0.0830. The number of hydrogen-bond acceptors (Lipinski definition) is 3. The summed E-state index contributed by atoms with van der Waals surface area (Å²) in [4.78, 5) is 22.5. The normalized spacial score (nSPS) is 14.1. The van der Waals surface area contributed by atoms with E-state index in [1.54, 1.807) is 13.0 Å². The monoisotopic (exact) mass is 260 g/mol.